The summed E-state index contributed by atoms with van der Waals surface area (Å²) in [6.45, 7) is 13.8. The lowest BCUT2D eigenvalue weighted by Gasteiger charge is -2.28. The molecule has 0 bridgehead atoms. The van der Waals surface area contributed by atoms with E-state index in [1.165, 1.54) is 21.9 Å². The summed E-state index contributed by atoms with van der Waals surface area (Å²) in [5.74, 6) is 0. The van der Waals surface area contributed by atoms with Gasteiger partial charge in [0.25, 0.3) is 9.76 Å². The monoisotopic (exact) mass is 492 g/mol. The molecule has 0 aliphatic heterocycles. The molecule has 2 radical (unpaired) electrons. The predicted molar refractivity (Wildman–Crippen MR) is 144 cm³/mol. The van der Waals surface area contributed by atoms with Gasteiger partial charge >= 0.3 is 8.80 Å². The van der Waals surface area contributed by atoms with Crippen molar-refractivity contribution in [1.82, 2.24) is 0 Å². The van der Waals surface area contributed by atoms with Crippen LogP contribution in [0.4, 0.5) is 0 Å². The largest absolute Gasteiger partial charge is 0.537 e. The number of hydrogen-bond donors (Lipinski definition) is 0. The van der Waals surface area contributed by atoms with Crippen LogP contribution in [0, 0.1) is 0 Å². The van der Waals surface area contributed by atoms with Gasteiger partial charge in [0, 0.05) is 30.6 Å². The second-order valence-corrected chi connectivity index (χ2v) is 12.4. The van der Waals surface area contributed by atoms with Crippen LogP contribution in [0.2, 0.25) is 0 Å². The number of benzene rings is 3. The van der Waals surface area contributed by atoms with Crippen molar-refractivity contribution >= 4 is 28.9 Å². The molecule has 6 heteroatoms. The van der Waals surface area contributed by atoms with Crippen molar-refractivity contribution in [1.29, 1.82) is 0 Å². The van der Waals surface area contributed by atoms with Crippen molar-refractivity contribution in [2.75, 3.05) is 19.8 Å². The Labute approximate surface area is 208 Å². The van der Waals surface area contributed by atoms with Gasteiger partial charge in [-0.3, -0.25) is 0 Å². The van der Waals surface area contributed by atoms with Crippen LogP contribution in [-0.2, 0) is 17.7 Å². The summed E-state index contributed by atoms with van der Waals surface area (Å²) in [5, 5.41) is 2.20. The van der Waals surface area contributed by atoms with E-state index in [0.717, 1.165) is 10.8 Å². The van der Waals surface area contributed by atoms with Crippen LogP contribution < -0.4 is 10.4 Å². The zero-order chi connectivity index (χ0) is 24.6. The maximum Gasteiger partial charge on any atom is 0.537 e. The van der Waals surface area contributed by atoms with E-state index >= 15 is 0 Å². The highest BCUT2D eigenvalue weighted by atomic mass is 28.4. The summed E-state index contributed by atoms with van der Waals surface area (Å²) in [4.78, 5) is 0. The fraction of sp³-hybridized carbons (Fsp3) is 0.357. The van der Waals surface area contributed by atoms with E-state index in [2.05, 4.69) is 93.6 Å². The lowest BCUT2D eigenvalue weighted by Crippen LogP contribution is -2.56. The van der Waals surface area contributed by atoms with E-state index in [9.17, 15) is 0 Å². The Bertz CT molecular complexity index is 993. The topological polar surface area (TPSA) is 36.9 Å². The van der Waals surface area contributed by atoms with Gasteiger partial charge in [-0.1, -0.05) is 72.8 Å². The van der Waals surface area contributed by atoms with E-state index in [4.69, 9.17) is 17.7 Å². The highest BCUT2D eigenvalue weighted by molar-refractivity contribution is 6.75. The minimum Gasteiger partial charge on any atom is -0.407 e. The van der Waals surface area contributed by atoms with Gasteiger partial charge in [0.05, 0.1) is 0 Å². The molecule has 3 aromatic rings. The molecule has 4 nitrogen and oxygen atoms in total. The summed E-state index contributed by atoms with van der Waals surface area (Å²) in [6, 6.07) is 25.7. The first-order valence-electron chi connectivity index (χ1n) is 12.0. The second-order valence-electron chi connectivity index (χ2n) is 8.90. The number of hydrogen-bond acceptors (Lipinski definition) is 4. The van der Waals surface area contributed by atoms with Crippen LogP contribution in [0.25, 0.3) is 22.3 Å². The third kappa shape index (κ3) is 6.98. The Morgan fingerprint density at radius 3 is 1.29 bits per heavy atom. The van der Waals surface area contributed by atoms with Crippen molar-refractivity contribution in [3.63, 3.8) is 0 Å². The maximum absolute atomic E-state index is 6.03. The van der Waals surface area contributed by atoms with Gasteiger partial charge in [-0.25, -0.2) is 0 Å². The zero-order valence-corrected chi connectivity index (χ0v) is 23.2. The summed E-state index contributed by atoms with van der Waals surface area (Å²) in [5.41, 5.74) is 4.60. The van der Waals surface area contributed by atoms with E-state index < -0.39 is 8.80 Å². The molecule has 0 fully saturated rings. The Balaban J connectivity index is 1.74. The third-order valence-corrected chi connectivity index (χ3v) is 9.48. The van der Waals surface area contributed by atoms with Gasteiger partial charge in [-0.15, -0.1) is 0 Å². The Hall–Kier alpha value is -2.07. The molecule has 3 rings (SSSR count). The lowest BCUT2D eigenvalue weighted by atomic mass is 10.0. The molecule has 0 aliphatic rings. The third-order valence-electron chi connectivity index (χ3n) is 5.15. The van der Waals surface area contributed by atoms with Crippen molar-refractivity contribution in [2.45, 2.75) is 47.1 Å². The van der Waals surface area contributed by atoms with Gasteiger partial charge in [0.15, 0.2) is 0 Å². The standard InChI is InChI=1S/C28H36O4Si2/c1-7-29-34(30-8-2,31-9-3)27-20-16-25(17-21-27)23-12-10-22(11-13-23)24-14-18-26(19-15-24)33-32-28(4,5)6/h10-21H,7-9H2,1-6H3. The highest BCUT2D eigenvalue weighted by Gasteiger charge is 2.43. The van der Waals surface area contributed by atoms with Crippen LogP contribution in [0.1, 0.15) is 41.5 Å². The first-order chi connectivity index (χ1) is 16.3. The predicted octanol–water partition coefficient (Wildman–Crippen LogP) is 5.34. The fourth-order valence-electron chi connectivity index (χ4n) is 3.61. The van der Waals surface area contributed by atoms with Gasteiger partial charge in [0.1, 0.15) is 0 Å². The smallest absolute Gasteiger partial charge is 0.407 e. The van der Waals surface area contributed by atoms with Gasteiger partial charge in [-0.2, -0.15) is 0 Å². The van der Waals surface area contributed by atoms with Gasteiger partial charge < -0.3 is 17.7 Å². The second kappa shape index (κ2) is 12.1. The first kappa shape index (κ1) is 26.5. The van der Waals surface area contributed by atoms with Crippen molar-refractivity contribution in [3.8, 4) is 22.3 Å². The van der Waals surface area contributed by atoms with Crippen LogP contribution in [0.5, 0.6) is 0 Å². The molecule has 0 N–H and O–H groups in total. The molecule has 0 saturated carbocycles. The molecule has 0 aromatic heterocycles. The molecule has 0 unspecified atom stereocenters. The zero-order valence-electron chi connectivity index (χ0n) is 21.2. The van der Waals surface area contributed by atoms with E-state index in [-0.39, 0.29) is 5.60 Å². The normalized spacial score (nSPS) is 12.2. The van der Waals surface area contributed by atoms with Crippen LogP contribution in [-0.4, -0.2) is 44.0 Å². The van der Waals surface area contributed by atoms with Crippen molar-refractivity contribution in [2.24, 2.45) is 0 Å². The SMILES string of the molecule is CCO[Si](OCC)(OCC)c1ccc(-c2ccc(-c3ccc([Si]OC(C)(C)C)cc3)cc2)cc1. The molecule has 0 amide bonds. The molecular weight excluding hydrogens is 456 g/mol. The number of rotatable bonds is 11. The summed E-state index contributed by atoms with van der Waals surface area (Å²) < 4.78 is 24.0. The Morgan fingerprint density at radius 2 is 0.941 bits per heavy atom. The fourth-order valence-corrected chi connectivity index (χ4v) is 6.80. The summed E-state index contributed by atoms with van der Waals surface area (Å²) in [6.07, 6.45) is 0. The maximum atomic E-state index is 6.03. The molecule has 0 aliphatic carbocycles. The van der Waals surface area contributed by atoms with E-state index in [1.807, 2.05) is 20.8 Å². The summed E-state index contributed by atoms with van der Waals surface area (Å²) >= 11 is 0. The van der Waals surface area contributed by atoms with Crippen molar-refractivity contribution in [3.05, 3.63) is 72.8 Å². The molecule has 0 atom stereocenters. The average Bonchev–Trinajstić information content (AvgIpc) is 2.83. The molecule has 0 spiro atoms. The minimum absolute atomic E-state index is 0.121. The van der Waals surface area contributed by atoms with Crippen LogP contribution in [0.15, 0.2) is 72.8 Å². The van der Waals surface area contributed by atoms with E-state index in [1.54, 1.807) is 0 Å². The summed E-state index contributed by atoms with van der Waals surface area (Å²) in [7, 11) is -2.52. The molecule has 0 heterocycles. The molecule has 0 saturated heterocycles. The average molecular weight is 493 g/mol. The molecular formula is C28H36O4Si2. The van der Waals surface area contributed by atoms with Crippen LogP contribution in [0.3, 0.4) is 0 Å². The first-order valence-corrected chi connectivity index (χ1v) is 14.6. The Kier molecular flexibility index (Phi) is 9.42. The molecule has 34 heavy (non-hydrogen) atoms. The molecule has 180 valence electrons. The Morgan fingerprint density at radius 1 is 0.588 bits per heavy atom. The minimum atomic E-state index is -2.88. The van der Waals surface area contributed by atoms with Crippen molar-refractivity contribution < 1.29 is 17.7 Å². The van der Waals surface area contributed by atoms with Gasteiger partial charge in [-0.05, 0) is 69.0 Å². The highest BCUT2D eigenvalue weighted by Crippen LogP contribution is 2.25. The van der Waals surface area contributed by atoms with Gasteiger partial charge in [0.2, 0.25) is 0 Å². The van der Waals surface area contributed by atoms with Crippen LogP contribution >= 0.6 is 0 Å². The molecule has 3 aromatic carbocycles. The quantitative estimate of drug-likeness (QED) is 0.339. The lowest BCUT2D eigenvalue weighted by molar-refractivity contribution is 0.0859. The van der Waals surface area contributed by atoms with E-state index in [0.29, 0.717) is 29.6 Å².